The van der Waals surface area contributed by atoms with Crippen LogP contribution in [-0.2, 0) is 11.4 Å². The molecule has 0 aliphatic rings. The van der Waals surface area contributed by atoms with Gasteiger partial charge >= 0.3 is 0 Å². The zero-order chi connectivity index (χ0) is 16.1. The van der Waals surface area contributed by atoms with Crippen LogP contribution >= 0.6 is 23.2 Å². The van der Waals surface area contributed by atoms with E-state index in [2.05, 4.69) is 4.98 Å². The van der Waals surface area contributed by atoms with E-state index >= 15 is 0 Å². The number of primary amides is 1. The molecule has 0 aliphatic heterocycles. The van der Waals surface area contributed by atoms with E-state index in [9.17, 15) is 4.79 Å². The van der Waals surface area contributed by atoms with Gasteiger partial charge < -0.3 is 15.2 Å². The molecule has 5 nitrogen and oxygen atoms in total. The molecule has 0 radical (unpaired) electrons. The Morgan fingerprint density at radius 3 is 2.73 bits per heavy atom. The normalized spacial score (nSPS) is 11.8. The van der Waals surface area contributed by atoms with Gasteiger partial charge in [-0.1, -0.05) is 29.3 Å². The van der Waals surface area contributed by atoms with Gasteiger partial charge in [-0.15, -0.1) is 0 Å². The van der Waals surface area contributed by atoms with Crippen molar-refractivity contribution in [3.63, 3.8) is 0 Å². The van der Waals surface area contributed by atoms with Crippen LogP contribution in [0.5, 0.6) is 11.5 Å². The molecule has 2 aromatic rings. The van der Waals surface area contributed by atoms with E-state index in [1.807, 2.05) is 0 Å². The van der Waals surface area contributed by atoms with Crippen molar-refractivity contribution in [1.82, 2.24) is 4.98 Å². The van der Waals surface area contributed by atoms with Crippen LogP contribution in [0.2, 0.25) is 10.0 Å². The number of halogens is 2. The minimum Gasteiger partial charge on any atom is -0.487 e. The maximum Gasteiger partial charge on any atom is 0.258 e. The molecule has 0 unspecified atom stereocenters. The SMILES string of the molecule is C[C@@H](Oc1cccc(OCc2ncc(Cl)cc2Cl)c1)C(N)=O. The van der Waals surface area contributed by atoms with E-state index in [0.717, 1.165) is 0 Å². The molecule has 0 bridgehead atoms. The highest BCUT2D eigenvalue weighted by Gasteiger charge is 2.11. The van der Waals surface area contributed by atoms with Gasteiger partial charge in [-0.05, 0) is 25.1 Å². The molecule has 1 amide bonds. The number of nitrogens with two attached hydrogens (primary N) is 1. The Bertz CT molecular complexity index is 680. The van der Waals surface area contributed by atoms with Gasteiger partial charge in [-0.2, -0.15) is 0 Å². The number of rotatable bonds is 6. The Morgan fingerprint density at radius 2 is 2.05 bits per heavy atom. The summed E-state index contributed by atoms with van der Waals surface area (Å²) in [6.45, 7) is 1.76. The van der Waals surface area contributed by atoms with Gasteiger partial charge in [0, 0.05) is 12.3 Å². The minimum absolute atomic E-state index is 0.185. The van der Waals surface area contributed by atoms with Gasteiger partial charge in [0.05, 0.1) is 15.7 Å². The highest BCUT2D eigenvalue weighted by Crippen LogP contribution is 2.23. The molecule has 22 heavy (non-hydrogen) atoms. The number of nitrogens with zero attached hydrogens (tertiary/aromatic N) is 1. The Labute approximate surface area is 138 Å². The maximum absolute atomic E-state index is 11.0. The van der Waals surface area contributed by atoms with E-state index in [4.69, 9.17) is 38.4 Å². The molecule has 1 heterocycles. The summed E-state index contributed by atoms with van der Waals surface area (Å²) >= 11 is 11.8. The average molecular weight is 341 g/mol. The van der Waals surface area contributed by atoms with Crippen molar-refractivity contribution in [2.24, 2.45) is 5.73 Å². The van der Waals surface area contributed by atoms with E-state index < -0.39 is 12.0 Å². The quantitative estimate of drug-likeness (QED) is 0.875. The van der Waals surface area contributed by atoms with E-state index in [0.29, 0.717) is 27.2 Å². The largest absolute Gasteiger partial charge is 0.487 e. The van der Waals surface area contributed by atoms with Crippen LogP contribution in [0.3, 0.4) is 0 Å². The van der Waals surface area contributed by atoms with Gasteiger partial charge in [0.2, 0.25) is 0 Å². The number of amides is 1. The molecule has 1 aromatic heterocycles. The van der Waals surface area contributed by atoms with Crippen LogP contribution in [0.25, 0.3) is 0 Å². The highest BCUT2D eigenvalue weighted by atomic mass is 35.5. The van der Waals surface area contributed by atoms with Crippen LogP contribution < -0.4 is 15.2 Å². The summed E-state index contributed by atoms with van der Waals surface area (Å²) in [5.74, 6) is 0.504. The zero-order valence-electron chi connectivity index (χ0n) is 11.8. The van der Waals surface area contributed by atoms with Gasteiger partial charge in [0.15, 0.2) is 6.10 Å². The first-order valence-corrected chi connectivity index (χ1v) is 7.20. The molecular formula is C15H14Cl2N2O3. The maximum atomic E-state index is 11.0. The predicted octanol–water partition coefficient (Wildman–Crippen LogP) is 3.22. The number of pyridine rings is 1. The zero-order valence-corrected chi connectivity index (χ0v) is 13.3. The highest BCUT2D eigenvalue weighted by molar-refractivity contribution is 6.34. The lowest BCUT2D eigenvalue weighted by atomic mass is 10.3. The molecule has 1 atom stereocenters. The van der Waals surface area contributed by atoms with Crippen molar-refractivity contribution in [3.05, 3.63) is 52.3 Å². The number of hydrogen-bond acceptors (Lipinski definition) is 4. The molecule has 116 valence electrons. The predicted molar refractivity (Wildman–Crippen MR) is 84.3 cm³/mol. The monoisotopic (exact) mass is 340 g/mol. The summed E-state index contributed by atoms with van der Waals surface area (Å²) in [5, 5.41) is 0.895. The number of carbonyl (C=O) groups excluding carboxylic acids is 1. The van der Waals surface area contributed by atoms with Crippen LogP contribution in [-0.4, -0.2) is 17.0 Å². The molecule has 2 rings (SSSR count). The van der Waals surface area contributed by atoms with E-state index in [1.54, 1.807) is 37.3 Å². The number of benzene rings is 1. The number of aromatic nitrogens is 1. The van der Waals surface area contributed by atoms with Crippen LogP contribution in [0.15, 0.2) is 36.5 Å². The first-order chi connectivity index (χ1) is 10.5. The van der Waals surface area contributed by atoms with Gasteiger partial charge in [0.1, 0.15) is 18.1 Å². The van der Waals surface area contributed by atoms with Crippen molar-refractivity contribution < 1.29 is 14.3 Å². The molecule has 7 heteroatoms. The summed E-state index contributed by atoms with van der Waals surface area (Å²) in [6.07, 6.45) is 0.780. The summed E-state index contributed by atoms with van der Waals surface area (Å²) < 4.78 is 11.0. The fourth-order valence-electron chi connectivity index (χ4n) is 1.60. The van der Waals surface area contributed by atoms with Gasteiger partial charge in [-0.3, -0.25) is 9.78 Å². The van der Waals surface area contributed by atoms with Crippen LogP contribution in [0.1, 0.15) is 12.6 Å². The number of hydrogen-bond donors (Lipinski definition) is 1. The molecule has 2 N–H and O–H groups in total. The minimum atomic E-state index is -0.720. The molecule has 0 fully saturated rings. The van der Waals surface area contributed by atoms with Crippen LogP contribution in [0.4, 0.5) is 0 Å². The molecule has 0 spiro atoms. The third kappa shape index (κ3) is 4.51. The first kappa shape index (κ1) is 16.4. The Kier molecular flexibility index (Phi) is 5.46. The lowest BCUT2D eigenvalue weighted by Gasteiger charge is -2.13. The fourth-order valence-corrected chi connectivity index (χ4v) is 2.03. The average Bonchev–Trinajstić information content (AvgIpc) is 2.46. The second-order valence-electron chi connectivity index (χ2n) is 4.51. The van der Waals surface area contributed by atoms with Crippen molar-refractivity contribution >= 4 is 29.1 Å². The standard InChI is InChI=1S/C15H14Cl2N2O3/c1-9(15(18)20)22-12-4-2-3-11(6-12)21-8-14-13(17)5-10(16)7-19-14/h2-7,9H,8H2,1H3,(H2,18,20)/t9-/m1/s1. The number of ether oxygens (including phenoxy) is 2. The van der Waals surface area contributed by atoms with E-state index in [-0.39, 0.29) is 6.61 Å². The lowest BCUT2D eigenvalue weighted by Crippen LogP contribution is -2.30. The molecular weight excluding hydrogens is 327 g/mol. The van der Waals surface area contributed by atoms with Crippen molar-refractivity contribution in [2.45, 2.75) is 19.6 Å². The lowest BCUT2D eigenvalue weighted by molar-refractivity contribution is -0.123. The Morgan fingerprint density at radius 1 is 1.32 bits per heavy atom. The van der Waals surface area contributed by atoms with Crippen molar-refractivity contribution in [2.75, 3.05) is 0 Å². The topological polar surface area (TPSA) is 74.4 Å². The van der Waals surface area contributed by atoms with Gasteiger partial charge in [-0.25, -0.2) is 0 Å². The second-order valence-corrected chi connectivity index (χ2v) is 5.35. The Hall–Kier alpha value is -1.98. The molecule has 0 saturated heterocycles. The first-order valence-electron chi connectivity index (χ1n) is 6.44. The molecule has 0 aliphatic carbocycles. The smallest absolute Gasteiger partial charge is 0.258 e. The second kappa shape index (κ2) is 7.33. The molecule has 0 saturated carbocycles. The van der Waals surface area contributed by atoms with Crippen molar-refractivity contribution in [1.29, 1.82) is 0 Å². The Balaban J connectivity index is 2.02. The summed E-state index contributed by atoms with van der Waals surface area (Å²) in [7, 11) is 0. The van der Waals surface area contributed by atoms with Crippen LogP contribution in [0, 0.1) is 0 Å². The fraction of sp³-hybridized carbons (Fsp3) is 0.200. The third-order valence-corrected chi connectivity index (χ3v) is 3.31. The summed E-state index contributed by atoms with van der Waals surface area (Å²) in [6, 6.07) is 8.47. The number of carbonyl (C=O) groups is 1. The van der Waals surface area contributed by atoms with Gasteiger partial charge in [0.25, 0.3) is 5.91 Å². The molecule has 1 aromatic carbocycles. The third-order valence-electron chi connectivity index (χ3n) is 2.78. The summed E-state index contributed by atoms with van der Waals surface area (Å²) in [5.41, 5.74) is 5.73. The van der Waals surface area contributed by atoms with Crippen molar-refractivity contribution in [3.8, 4) is 11.5 Å². The van der Waals surface area contributed by atoms with E-state index in [1.165, 1.54) is 6.20 Å². The summed E-state index contributed by atoms with van der Waals surface area (Å²) in [4.78, 5) is 15.1.